The van der Waals surface area contributed by atoms with Gasteiger partial charge >= 0.3 is 0 Å². The minimum atomic E-state index is -0.350. The summed E-state index contributed by atoms with van der Waals surface area (Å²) in [6, 6.07) is 0. The average molecular weight is 258 g/mol. The lowest BCUT2D eigenvalue weighted by molar-refractivity contribution is -0.113. The zero-order chi connectivity index (χ0) is 13.9. The Morgan fingerprint density at radius 1 is 0.944 bits per heavy atom. The zero-order valence-corrected chi connectivity index (χ0v) is 13.0. The number of ether oxygens (including phenoxy) is 1. The molecule has 2 nitrogen and oxygen atoms in total. The van der Waals surface area contributed by atoms with E-state index in [2.05, 4.69) is 13.8 Å². The van der Waals surface area contributed by atoms with Crippen molar-refractivity contribution in [2.45, 2.75) is 97.2 Å². The Morgan fingerprint density at radius 3 is 2.00 bits per heavy atom. The standard InChI is InChI=1S/C16H34O2/c1-5-8-9-10-11-12-13-14-15(17)16(4,6-2)18-7-3/h15,17H,5-14H2,1-4H3. The summed E-state index contributed by atoms with van der Waals surface area (Å²) in [5.74, 6) is 0. The Balaban J connectivity index is 3.65. The van der Waals surface area contributed by atoms with E-state index in [0.29, 0.717) is 6.61 Å². The molecule has 2 atom stereocenters. The smallest absolute Gasteiger partial charge is 0.0909 e. The van der Waals surface area contributed by atoms with Gasteiger partial charge in [-0.05, 0) is 26.7 Å². The van der Waals surface area contributed by atoms with Crippen molar-refractivity contribution < 1.29 is 9.84 Å². The van der Waals surface area contributed by atoms with Gasteiger partial charge in [0, 0.05) is 6.61 Å². The van der Waals surface area contributed by atoms with Crippen molar-refractivity contribution in [2.75, 3.05) is 6.61 Å². The van der Waals surface area contributed by atoms with Gasteiger partial charge in [-0.2, -0.15) is 0 Å². The zero-order valence-electron chi connectivity index (χ0n) is 13.0. The Labute approximate surface area is 114 Å². The van der Waals surface area contributed by atoms with Crippen molar-refractivity contribution in [3.63, 3.8) is 0 Å². The molecular weight excluding hydrogens is 224 g/mol. The van der Waals surface area contributed by atoms with Gasteiger partial charge < -0.3 is 9.84 Å². The van der Waals surface area contributed by atoms with Crippen molar-refractivity contribution in [3.8, 4) is 0 Å². The summed E-state index contributed by atoms with van der Waals surface area (Å²) in [4.78, 5) is 0. The highest BCUT2D eigenvalue weighted by Gasteiger charge is 2.31. The summed E-state index contributed by atoms with van der Waals surface area (Å²) < 4.78 is 5.70. The molecule has 0 radical (unpaired) electrons. The fourth-order valence-corrected chi connectivity index (χ4v) is 2.36. The van der Waals surface area contributed by atoms with Gasteiger partial charge in [-0.25, -0.2) is 0 Å². The maximum absolute atomic E-state index is 10.2. The molecule has 0 aliphatic rings. The van der Waals surface area contributed by atoms with Crippen LogP contribution in [-0.4, -0.2) is 23.4 Å². The van der Waals surface area contributed by atoms with Gasteiger partial charge in [-0.1, -0.05) is 58.8 Å². The Kier molecular flexibility index (Phi) is 10.8. The topological polar surface area (TPSA) is 29.5 Å². The first-order chi connectivity index (χ1) is 8.60. The third-order valence-electron chi connectivity index (χ3n) is 3.96. The van der Waals surface area contributed by atoms with Crippen molar-refractivity contribution in [1.82, 2.24) is 0 Å². The first kappa shape index (κ1) is 17.9. The molecule has 2 unspecified atom stereocenters. The molecule has 110 valence electrons. The second kappa shape index (κ2) is 10.8. The van der Waals surface area contributed by atoms with Gasteiger partial charge in [-0.15, -0.1) is 0 Å². The van der Waals surface area contributed by atoms with Gasteiger partial charge in [0.25, 0.3) is 0 Å². The SMILES string of the molecule is CCCCCCCCCC(O)C(C)(CC)OCC. The monoisotopic (exact) mass is 258 g/mol. The molecule has 0 bridgehead atoms. The number of rotatable bonds is 12. The highest BCUT2D eigenvalue weighted by molar-refractivity contribution is 4.82. The molecule has 0 saturated heterocycles. The molecule has 0 spiro atoms. The van der Waals surface area contributed by atoms with Gasteiger partial charge in [0.15, 0.2) is 0 Å². The second-order valence-corrected chi connectivity index (χ2v) is 5.53. The molecule has 0 aromatic heterocycles. The molecule has 0 aliphatic carbocycles. The van der Waals surface area contributed by atoms with Gasteiger partial charge in [0.1, 0.15) is 0 Å². The largest absolute Gasteiger partial charge is 0.390 e. The van der Waals surface area contributed by atoms with E-state index in [1.165, 1.54) is 38.5 Å². The fourth-order valence-electron chi connectivity index (χ4n) is 2.36. The maximum atomic E-state index is 10.2. The van der Waals surface area contributed by atoms with Crippen LogP contribution in [0.4, 0.5) is 0 Å². The van der Waals surface area contributed by atoms with Crippen molar-refractivity contribution in [3.05, 3.63) is 0 Å². The van der Waals surface area contributed by atoms with E-state index in [1.54, 1.807) is 0 Å². The Hall–Kier alpha value is -0.0800. The molecular formula is C16H34O2. The summed E-state index contributed by atoms with van der Waals surface area (Å²) in [5.41, 5.74) is -0.350. The van der Waals surface area contributed by atoms with Gasteiger partial charge in [-0.3, -0.25) is 0 Å². The summed E-state index contributed by atoms with van der Waals surface area (Å²) in [6.45, 7) is 9.04. The molecule has 1 N–H and O–H groups in total. The van der Waals surface area contributed by atoms with Crippen LogP contribution in [0, 0.1) is 0 Å². The number of hydrogen-bond acceptors (Lipinski definition) is 2. The van der Waals surface area contributed by atoms with Crippen LogP contribution >= 0.6 is 0 Å². The van der Waals surface area contributed by atoms with Crippen molar-refractivity contribution in [1.29, 1.82) is 0 Å². The van der Waals surface area contributed by atoms with Crippen LogP contribution in [0.2, 0.25) is 0 Å². The number of aliphatic hydroxyl groups excluding tert-OH is 1. The van der Waals surface area contributed by atoms with E-state index >= 15 is 0 Å². The Morgan fingerprint density at radius 2 is 1.50 bits per heavy atom. The quantitative estimate of drug-likeness (QED) is 0.514. The van der Waals surface area contributed by atoms with Crippen molar-refractivity contribution >= 4 is 0 Å². The van der Waals surface area contributed by atoms with Gasteiger partial charge in [0.2, 0.25) is 0 Å². The molecule has 0 amide bonds. The van der Waals surface area contributed by atoms with E-state index in [0.717, 1.165) is 19.3 Å². The molecule has 0 aromatic rings. The second-order valence-electron chi connectivity index (χ2n) is 5.53. The van der Waals surface area contributed by atoms with E-state index in [9.17, 15) is 5.11 Å². The highest BCUT2D eigenvalue weighted by atomic mass is 16.5. The summed E-state index contributed by atoms with van der Waals surface area (Å²) in [7, 11) is 0. The third kappa shape index (κ3) is 7.38. The van der Waals surface area contributed by atoms with Crippen molar-refractivity contribution in [2.24, 2.45) is 0 Å². The molecule has 18 heavy (non-hydrogen) atoms. The molecule has 0 fully saturated rings. The molecule has 0 rings (SSSR count). The predicted octanol–water partition coefficient (Wildman–Crippen LogP) is 4.69. The van der Waals surface area contributed by atoms with E-state index in [4.69, 9.17) is 4.74 Å². The number of hydrogen-bond donors (Lipinski definition) is 1. The summed E-state index contributed by atoms with van der Waals surface area (Å²) in [5, 5.41) is 10.2. The van der Waals surface area contributed by atoms with E-state index < -0.39 is 0 Å². The molecule has 0 saturated carbocycles. The van der Waals surface area contributed by atoms with Gasteiger partial charge in [0.05, 0.1) is 11.7 Å². The van der Waals surface area contributed by atoms with E-state index in [-0.39, 0.29) is 11.7 Å². The first-order valence-electron chi connectivity index (χ1n) is 7.92. The minimum Gasteiger partial charge on any atom is -0.390 e. The molecule has 0 aliphatic heterocycles. The molecule has 0 aromatic carbocycles. The van der Waals surface area contributed by atoms with Crippen LogP contribution in [0.25, 0.3) is 0 Å². The van der Waals surface area contributed by atoms with Crippen LogP contribution in [0.5, 0.6) is 0 Å². The maximum Gasteiger partial charge on any atom is 0.0909 e. The molecule has 2 heteroatoms. The summed E-state index contributed by atoms with van der Waals surface area (Å²) >= 11 is 0. The van der Waals surface area contributed by atoms with Crippen LogP contribution in [0.3, 0.4) is 0 Å². The van der Waals surface area contributed by atoms with Crippen LogP contribution < -0.4 is 0 Å². The Bertz CT molecular complexity index is 182. The van der Waals surface area contributed by atoms with Crippen LogP contribution in [0.15, 0.2) is 0 Å². The number of aliphatic hydroxyl groups is 1. The van der Waals surface area contributed by atoms with Crippen LogP contribution in [-0.2, 0) is 4.74 Å². The predicted molar refractivity (Wildman–Crippen MR) is 78.9 cm³/mol. The normalized spacial score (nSPS) is 16.5. The third-order valence-corrected chi connectivity index (χ3v) is 3.96. The lowest BCUT2D eigenvalue weighted by Crippen LogP contribution is -2.41. The highest BCUT2D eigenvalue weighted by Crippen LogP contribution is 2.24. The molecule has 0 heterocycles. The minimum absolute atomic E-state index is 0.321. The fraction of sp³-hybridized carbons (Fsp3) is 1.00. The lowest BCUT2D eigenvalue weighted by Gasteiger charge is -2.33. The first-order valence-corrected chi connectivity index (χ1v) is 7.92. The average Bonchev–Trinajstić information content (AvgIpc) is 2.37. The lowest BCUT2D eigenvalue weighted by atomic mass is 9.91. The van der Waals surface area contributed by atoms with Crippen LogP contribution in [0.1, 0.15) is 85.5 Å². The van der Waals surface area contributed by atoms with E-state index in [1.807, 2.05) is 13.8 Å². The number of unbranched alkanes of at least 4 members (excludes halogenated alkanes) is 6. The summed E-state index contributed by atoms with van der Waals surface area (Å²) in [6.07, 6.45) is 10.5.